The molecule has 0 aromatic carbocycles. The Labute approximate surface area is 95.4 Å². The van der Waals surface area contributed by atoms with E-state index >= 15 is 0 Å². The molecule has 2 heteroatoms. The largest absolute Gasteiger partial charge is 0.316 e. The second kappa shape index (κ2) is 5.86. The highest BCUT2D eigenvalue weighted by atomic mass is 15.2. The van der Waals surface area contributed by atoms with Crippen LogP contribution < -0.4 is 5.32 Å². The fourth-order valence-electron chi connectivity index (χ4n) is 2.55. The highest BCUT2D eigenvalue weighted by molar-refractivity contribution is 4.82. The number of rotatable bonds is 4. The van der Waals surface area contributed by atoms with Crippen LogP contribution in [0.3, 0.4) is 0 Å². The summed E-state index contributed by atoms with van der Waals surface area (Å²) in [6.45, 7) is 11.9. The Balaban J connectivity index is 2.36. The van der Waals surface area contributed by atoms with Crippen LogP contribution in [0.15, 0.2) is 0 Å². The van der Waals surface area contributed by atoms with Gasteiger partial charge in [-0.1, -0.05) is 13.8 Å². The number of hydrogen-bond acceptors (Lipinski definition) is 2. The molecule has 0 aromatic heterocycles. The minimum atomic E-state index is 0.598. The Morgan fingerprint density at radius 1 is 1.07 bits per heavy atom. The van der Waals surface area contributed by atoms with Gasteiger partial charge < -0.3 is 5.32 Å². The third-order valence-electron chi connectivity index (χ3n) is 4.27. The molecule has 1 N–H and O–H groups in total. The molecule has 0 aliphatic carbocycles. The lowest BCUT2D eigenvalue weighted by Gasteiger charge is -2.39. The van der Waals surface area contributed by atoms with Crippen molar-refractivity contribution in [1.29, 1.82) is 0 Å². The monoisotopic (exact) mass is 212 g/mol. The Morgan fingerprint density at radius 3 is 2.00 bits per heavy atom. The normalized spacial score (nSPS) is 24.4. The molecule has 1 heterocycles. The third-order valence-corrected chi connectivity index (χ3v) is 4.27. The Morgan fingerprint density at radius 2 is 1.60 bits per heavy atom. The summed E-state index contributed by atoms with van der Waals surface area (Å²) in [5.74, 6) is 1.82. The van der Waals surface area contributed by atoms with Crippen LogP contribution in [0, 0.1) is 11.8 Å². The molecule has 1 aliphatic rings. The van der Waals surface area contributed by atoms with Gasteiger partial charge in [0.1, 0.15) is 0 Å². The van der Waals surface area contributed by atoms with Gasteiger partial charge in [-0.05, 0) is 58.7 Å². The van der Waals surface area contributed by atoms with Crippen LogP contribution in [0.5, 0.6) is 0 Å². The molecule has 2 unspecified atom stereocenters. The Hall–Kier alpha value is -0.0800. The van der Waals surface area contributed by atoms with Crippen LogP contribution in [0.25, 0.3) is 0 Å². The Kier molecular flexibility index (Phi) is 5.07. The zero-order chi connectivity index (χ0) is 11.4. The van der Waals surface area contributed by atoms with Crippen molar-refractivity contribution < 1.29 is 0 Å². The first-order chi connectivity index (χ1) is 7.06. The predicted molar refractivity (Wildman–Crippen MR) is 67.1 cm³/mol. The topological polar surface area (TPSA) is 15.3 Å². The molecule has 1 rings (SSSR count). The van der Waals surface area contributed by atoms with E-state index in [1.54, 1.807) is 0 Å². The minimum Gasteiger partial charge on any atom is -0.316 e. The van der Waals surface area contributed by atoms with E-state index in [-0.39, 0.29) is 0 Å². The first-order valence-corrected chi connectivity index (χ1v) is 6.47. The molecular weight excluding hydrogens is 184 g/mol. The van der Waals surface area contributed by atoms with Crippen LogP contribution in [-0.2, 0) is 0 Å². The van der Waals surface area contributed by atoms with Crippen LogP contribution in [0.1, 0.15) is 40.5 Å². The third kappa shape index (κ3) is 3.46. The zero-order valence-electron chi connectivity index (χ0n) is 11.1. The summed E-state index contributed by atoms with van der Waals surface area (Å²) >= 11 is 0. The van der Waals surface area contributed by atoms with Gasteiger partial charge in [0.05, 0.1) is 0 Å². The molecule has 2 nitrogen and oxygen atoms in total. The van der Waals surface area contributed by atoms with E-state index in [0.29, 0.717) is 12.1 Å². The maximum atomic E-state index is 3.35. The maximum Gasteiger partial charge on any atom is 0.0218 e. The standard InChI is InChI=1S/C13H28N2/c1-10(2)13-6-8-15(9-7-13)12(4)11(3)14-5/h10-14H,6-9H2,1-5H3. The molecule has 0 aromatic rings. The molecule has 1 saturated heterocycles. The smallest absolute Gasteiger partial charge is 0.0218 e. The van der Waals surface area contributed by atoms with E-state index in [1.807, 2.05) is 0 Å². The summed E-state index contributed by atoms with van der Waals surface area (Å²) in [4.78, 5) is 2.64. The number of piperidine rings is 1. The number of nitrogens with zero attached hydrogens (tertiary/aromatic N) is 1. The van der Waals surface area contributed by atoms with Crippen LogP contribution >= 0.6 is 0 Å². The van der Waals surface area contributed by atoms with E-state index in [0.717, 1.165) is 11.8 Å². The SMILES string of the molecule is CNC(C)C(C)N1CCC(C(C)C)CC1. The number of likely N-dealkylation sites (N-methyl/N-ethyl adjacent to an activating group) is 1. The molecule has 0 saturated carbocycles. The number of hydrogen-bond donors (Lipinski definition) is 1. The average Bonchev–Trinajstić information content (AvgIpc) is 2.27. The second-order valence-electron chi connectivity index (χ2n) is 5.44. The molecule has 1 fully saturated rings. The number of nitrogens with one attached hydrogen (secondary N) is 1. The lowest BCUT2D eigenvalue weighted by molar-refractivity contribution is 0.106. The molecular formula is C13H28N2. The van der Waals surface area contributed by atoms with Gasteiger partial charge >= 0.3 is 0 Å². The molecule has 15 heavy (non-hydrogen) atoms. The van der Waals surface area contributed by atoms with Gasteiger partial charge in [0.15, 0.2) is 0 Å². The van der Waals surface area contributed by atoms with Crippen LogP contribution in [0.2, 0.25) is 0 Å². The molecule has 90 valence electrons. The lowest BCUT2D eigenvalue weighted by Crippen LogP contribution is -2.49. The van der Waals surface area contributed by atoms with Gasteiger partial charge in [0, 0.05) is 12.1 Å². The van der Waals surface area contributed by atoms with Crippen LogP contribution in [0.4, 0.5) is 0 Å². The average molecular weight is 212 g/mol. The van der Waals surface area contributed by atoms with Gasteiger partial charge in [-0.25, -0.2) is 0 Å². The van der Waals surface area contributed by atoms with E-state index in [1.165, 1.54) is 25.9 Å². The molecule has 1 aliphatic heterocycles. The number of likely N-dealkylation sites (tertiary alicyclic amines) is 1. The van der Waals surface area contributed by atoms with Crippen molar-refractivity contribution in [3.8, 4) is 0 Å². The highest BCUT2D eigenvalue weighted by Crippen LogP contribution is 2.25. The highest BCUT2D eigenvalue weighted by Gasteiger charge is 2.26. The Bertz CT molecular complexity index is 171. The fraction of sp³-hybridized carbons (Fsp3) is 1.00. The minimum absolute atomic E-state index is 0.598. The van der Waals surface area contributed by atoms with E-state index < -0.39 is 0 Å². The van der Waals surface area contributed by atoms with E-state index in [9.17, 15) is 0 Å². The summed E-state index contributed by atoms with van der Waals surface area (Å²) in [5, 5.41) is 3.35. The van der Waals surface area contributed by atoms with E-state index in [4.69, 9.17) is 0 Å². The van der Waals surface area contributed by atoms with Gasteiger partial charge in [0.2, 0.25) is 0 Å². The van der Waals surface area contributed by atoms with Crippen molar-refractivity contribution >= 4 is 0 Å². The predicted octanol–water partition coefficient (Wildman–Crippen LogP) is 2.35. The van der Waals surface area contributed by atoms with Gasteiger partial charge in [-0.15, -0.1) is 0 Å². The van der Waals surface area contributed by atoms with Crippen molar-refractivity contribution in [1.82, 2.24) is 10.2 Å². The summed E-state index contributed by atoms with van der Waals surface area (Å²) in [6.07, 6.45) is 2.77. The van der Waals surface area contributed by atoms with Gasteiger partial charge in [-0.3, -0.25) is 4.90 Å². The summed E-state index contributed by atoms with van der Waals surface area (Å²) in [6, 6.07) is 1.27. The molecule has 0 amide bonds. The first-order valence-electron chi connectivity index (χ1n) is 6.47. The molecule has 0 radical (unpaired) electrons. The quantitative estimate of drug-likeness (QED) is 0.769. The van der Waals surface area contributed by atoms with Crippen molar-refractivity contribution in [3.05, 3.63) is 0 Å². The summed E-state index contributed by atoms with van der Waals surface area (Å²) in [5.41, 5.74) is 0. The molecule has 2 atom stereocenters. The van der Waals surface area contributed by atoms with Crippen molar-refractivity contribution in [3.63, 3.8) is 0 Å². The maximum absolute atomic E-state index is 3.35. The second-order valence-corrected chi connectivity index (χ2v) is 5.44. The van der Waals surface area contributed by atoms with Gasteiger partial charge in [-0.2, -0.15) is 0 Å². The molecule has 0 bridgehead atoms. The van der Waals surface area contributed by atoms with Crippen molar-refractivity contribution in [2.75, 3.05) is 20.1 Å². The first kappa shape index (κ1) is 13.0. The summed E-state index contributed by atoms with van der Waals surface area (Å²) in [7, 11) is 2.06. The molecule has 0 spiro atoms. The van der Waals surface area contributed by atoms with Gasteiger partial charge in [0.25, 0.3) is 0 Å². The zero-order valence-corrected chi connectivity index (χ0v) is 11.1. The van der Waals surface area contributed by atoms with Crippen LogP contribution in [-0.4, -0.2) is 37.1 Å². The fourth-order valence-corrected chi connectivity index (χ4v) is 2.55. The lowest BCUT2D eigenvalue weighted by atomic mass is 9.86. The van der Waals surface area contributed by atoms with Crippen molar-refractivity contribution in [2.45, 2.75) is 52.6 Å². The summed E-state index contributed by atoms with van der Waals surface area (Å²) < 4.78 is 0. The van der Waals surface area contributed by atoms with E-state index in [2.05, 4.69) is 45.0 Å². The van der Waals surface area contributed by atoms with Crippen molar-refractivity contribution in [2.24, 2.45) is 11.8 Å².